The molecule has 0 radical (unpaired) electrons. The first kappa shape index (κ1) is 8.85. The van der Waals surface area contributed by atoms with Gasteiger partial charge in [0.05, 0.1) is 14.2 Å². The van der Waals surface area contributed by atoms with Gasteiger partial charge in [0.15, 0.2) is 0 Å². The van der Waals surface area contributed by atoms with Crippen LogP contribution in [0.25, 0.3) is 0 Å². The molecule has 0 rings (SSSR count). The van der Waals surface area contributed by atoms with Crippen molar-refractivity contribution in [1.29, 1.82) is 5.41 Å². The van der Waals surface area contributed by atoms with Crippen molar-refractivity contribution < 1.29 is 5.11 Å². The Balaban J connectivity index is 4.06. The zero-order valence-corrected chi connectivity index (χ0v) is 7.52. The molecule has 1 atom stereocenters. The molecule has 0 aliphatic rings. The highest BCUT2D eigenvalue weighted by molar-refractivity contribution is 7.04. The summed E-state index contributed by atoms with van der Waals surface area (Å²) in [6.07, 6.45) is -0.545. The highest BCUT2D eigenvalue weighted by atomic mass is 28.3. The lowest BCUT2D eigenvalue weighted by Crippen LogP contribution is -2.39. The summed E-state index contributed by atoms with van der Waals surface area (Å²) in [4.78, 5) is 0. The Labute approximate surface area is 57.4 Å². The number of hydrogen-bond acceptors (Lipinski definition) is 2. The molecule has 1 unspecified atom stereocenters. The van der Waals surface area contributed by atoms with E-state index in [9.17, 15) is 0 Å². The minimum Gasteiger partial charge on any atom is -0.388 e. The van der Waals surface area contributed by atoms with Gasteiger partial charge in [0.25, 0.3) is 0 Å². The van der Waals surface area contributed by atoms with Gasteiger partial charge in [0.2, 0.25) is 0 Å². The SMILES string of the molecule is CC(O)C(=N)[Si](C)(C)C. The molecule has 0 spiro atoms. The second-order valence-electron chi connectivity index (χ2n) is 3.34. The second kappa shape index (κ2) is 2.62. The van der Waals surface area contributed by atoms with Crippen molar-refractivity contribution in [3.05, 3.63) is 0 Å². The molecule has 9 heavy (non-hydrogen) atoms. The highest BCUT2D eigenvalue weighted by Crippen LogP contribution is 2.04. The van der Waals surface area contributed by atoms with Crippen molar-refractivity contribution in [2.75, 3.05) is 0 Å². The van der Waals surface area contributed by atoms with Gasteiger partial charge in [-0.05, 0) is 6.92 Å². The molecule has 0 bridgehead atoms. The van der Waals surface area contributed by atoms with Crippen LogP contribution in [0.3, 0.4) is 0 Å². The lowest BCUT2D eigenvalue weighted by Gasteiger charge is -2.19. The van der Waals surface area contributed by atoms with Crippen LogP contribution >= 0.6 is 0 Å². The van der Waals surface area contributed by atoms with E-state index < -0.39 is 14.2 Å². The summed E-state index contributed by atoms with van der Waals surface area (Å²) < 4.78 is 0. The third-order valence-electron chi connectivity index (χ3n) is 1.23. The maximum Gasteiger partial charge on any atom is 0.0984 e. The van der Waals surface area contributed by atoms with E-state index in [2.05, 4.69) is 19.6 Å². The smallest absolute Gasteiger partial charge is 0.0984 e. The Bertz CT molecular complexity index is 115. The van der Waals surface area contributed by atoms with Crippen molar-refractivity contribution >= 4 is 13.4 Å². The van der Waals surface area contributed by atoms with E-state index >= 15 is 0 Å². The Morgan fingerprint density at radius 2 is 1.78 bits per heavy atom. The third kappa shape index (κ3) is 2.77. The number of hydrogen-bond donors (Lipinski definition) is 2. The predicted molar refractivity (Wildman–Crippen MR) is 42.8 cm³/mol. The van der Waals surface area contributed by atoms with E-state index in [4.69, 9.17) is 10.5 Å². The van der Waals surface area contributed by atoms with Crippen LogP contribution < -0.4 is 0 Å². The van der Waals surface area contributed by atoms with Gasteiger partial charge in [-0.2, -0.15) is 0 Å². The van der Waals surface area contributed by atoms with Gasteiger partial charge in [0, 0.05) is 5.33 Å². The molecule has 0 fully saturated rings. The number of aliphatic hydroxyl groups is 1. The van der Waals surface area contributed by atoms with Gasteiger partial charge in [-0.25, -0.2) is 0 Å². The van der Waals surface area contributed by atoms with Crippen molar-refractivity contribution in [2.45, 2.75) is 32.7 Å². The fourth-order valence-corrected chi connectivity index (χ4v) is 1.88. The van der Waals surface area contributed by atoms with Crippen LogP contribution in [0.15, 0.2) is 0 Å². The summed E-state index contributed by atoms with van der Waals surface area (Å²) >= 11 is 0. The van der Waals surface area contributed by atoms with Crippen LogP contribution in [0.4, 0.5) is 0 Å². The van der Waals surface area contributed by atoms with Gasteiger partial charge in [-0.1, -0.05) is 19.6 Å². The lowest BCUT2D eigenvalue weighted by atomic mass is 10.5. The van der Waals surface area contributed by atoms with Gasteiger partial charge < -0.3 is 10.5 Å². The first-order valence-corrected chi connectivity index (χ1v) is 6.62. The molecular formula is C6H15NOSi. The van der Waals surface area contributed by atoms with Crippen LogP contribution in [0.1, 0.15) is 6.92 Å². The Morgan fingerprint density at radius 1 is 1.44 bits per heavy atom. The van der Waals surface area contributed by atoms with E-state index in [-0.39, 0.29) is 0 Å². The fraction of sp³-hybridized carbons (Fsp3) is 0.833. The minimum atomic E-state index is -1.49. The molecule has 0 saturated carbocycles. The Morgan fingerprint density at radius 3 is 1.78 bits per heavy atom. The summed E-state index contributed by atoms with van der Waals surface area (Å²) in [6.45, 7) is 7.83. The average molecular weight is 145 g/mol. The number of nitrogens with one attached hydrogen (secondary N) is 1. The van der Waals surface area contributed by atoms with Crippen LogP contribution in [-0.2, 0) is 0 Å². The summed E-state index contributed by atoms with van der Waals surface area (Å²) in [5.41, 5.74) is 0. The molecule has 2 N–H and O–H groups in total. The number of aliphatic hydroxyl groups excluding tert-OH is 1. The van der Waals surface area contributed by atoms with Crippen molar-refractivity contribution in [1.82, 2.24) is 0 Å². The van der Waals surface area contributed by atoms with E-state index in [1.54, 1.807) is 6.92 Å². The molecule has 0 aromatic carbocycles. The van der Waals surface area contributed by atoms with E-state index in [1.807, 2.05) is 0 Å². The highest BCUT2D eigenvalue weighted by Gasteiger charge is 2.22. The zero-order chi connectivity index (χ0) is 7.65. The second-order valence-corrected chi connectivity index (χ2v) is 8.38. The molecule has 0 aliphatic heterocycles. The molecule has 0 amide bonds. The van der Waals surface area contributed by atoms with Gasteiger partial charge in [0.1, 0.15) is 0 Å². The zero-order valence-electron chi connectivity index (χ0n) is 6.52. The molecule has 0 heterocycles. The number of rotatable bonds is 2. The quantitative estimate of drug-likeness (QED) is 0.446. The Hall–Kier alpha value is -0.153. The van der Waals surface area contributed by atoms with Crippen LogP contribution in [0.2, 0.25) is 19.6 Å². The molecular weight excluding hydrogens is 130 g/mol. The molecule has 54 valence electrons. The van der Waals surface area contributed by atoms with Gasteiger partial charge >= 0.3 is 0 Å². The van der Waals surface area contributed by atoms with E-state index in [0.717, 1.165) is 0 Å². The normalized spacial score (nSPS) is 15.2. The molecule has 0 saturated heterocycles. The largest absolute Gasteiger partial charge is 0.388 e. The van der Waals surface area contributed by atoms with Crippen molar-refractivity contribution in [3.8, 4) is 0 Å². The molecule has 0 aromatic heterocycles. The standard InChI is InChI=1S/C6H15NOSi/c1-5(8)6(7)9(2,3)4/h5,7-8H,1-4H3. The van der Waals surface area contributed by atoms with Crippen LogP contribution in [0, 0.1) is 5.41 Å². The van der Waals surface area contributed by atoms with Crippen molar-refractivity contribution in [2.24, 2.45) is 0 Å². The molecule has 3 heteroatoms. The van der Waals surface area contributed by atoms with Gasteiger partial charge in [-0.3, -0.25) is 0 Å². The first-order chi connectivity index (χ1) is 3.85. The van der Waals surface area contributed by atoms with E-state index in [0.29, 0.717) is 5.33 Å². The minimum absolute atomic E-state index is 0.530. The lowest BCUT2D eigenvalue weighted by molar-refractivity contribution is 0.263. The summed E-state index contributed by atoms with van der Waals surface area (Å²) in [5, 5.41) is 16.9. The predicted octanol–water partition coefficient (Wildman–Crippen LogP) is 1.26. The van der Waals surface area contributed by atoms with Crippen molar-refractivity contribution in [3.63, 3.8) is 0 Å². The summed E-state index contributed by atoms with van der Waals surface area (Å²) in [5.74, 6) is 0. The Kier molecular flexibility index (Phi) is 2.58. The molecule has 0 aliphatic carbocycles. The topological polar surface area (TPSA) is 44.1 Å². The van der Waals surface area contributed by atoms with Crippen LogP contribution in [0.5, 0.6) is 0 Å². The third-order valence-corrected chi connectivity index (χ3v) is 3.26. The monoisotopic (exact) mass is 145 g/mol. The molecule has 0 aromatic rings. The van der Waals surface area contributed by atoms with E-state index in [1.165, 1.54) is 0 Å². The fourth-order valence-electron chi connectivity index (χ4n) is 0.627. The summed E-state index contributed by atoms with van der Waals surface area (Å²) in [7, 11) is -1.49. The summed E-state index contributed by atoms with van der Waals surface area (Å²) in [6, 6.07) is 0. The first-order valence-electron chi connectivity index (χ1n) is 3.12. The average Bonchev–Trinajstić information content (AvgIpc) is 1.62. The maximum absolute atomic E-state index is 8.97. The van der Waals surface area contributed by atoms with Crippen LogP contribution in [-0.4, -0.2) is 24.6 Å². The maximum atomic E-state index is 8.97. The molecule has 2 nitrogen and oxygen atoms in total. The van der Waals surface area contributed by atoms with Gasteiger partial charge in [-0.15, -0.1) is 0 Å².